The second-order valence-corrected chi connectivity index (χ2v) is 3.14. The van der Waals surface area contributed by atoms with Gasteiger partial charge in [-0.3, -0.25) is 4.79 Å². The van der Waals surface area contributed by atoms with E-state index in [1.807, 2.05) is 0 Å². The highest BCUT2D eigenvalue weighted by Gasteiger charge is 2.17. The van der Waals surface area contributed by atoms with Crippen LogP contribution in [0.3, 0.4) is 0 Å². The van der Waals surface area contributed by atoms with Crippen molar-refractivity contribution < 1.29 is 23.8 Å². The Morgan fingerprint density at radius 2 is 2.29 bits per heavy atom. The number of halogens is 1. The monoisotopic (exact) mass is 242 g/mol. The predicted molar refractivity (Wildman–Crippen MR) is 55.0 cm³/mol. The highest BCUT2D eigenvalue weighted by atomic mass is 19.1. The number of carbonyl (C=O) groups is 2. The number of ether oxygens (including phenoxy) is 1. The molecule has 1 heterocycles. The maximum absolute atomic E-state index is 12.5. The van der Waals surface area contributed by atoms with Gasteiger partial charge in [0.2, 0.25) is 5.95 Å². The summed E-state index contributed by atoms with van der Waals surface area (Å²) < 4.78 is 17.1. The van der Waals surface area contributed by atoms with Crippen LogP contribution in [-0.2, 0) is 9.53 Å². The molecule has 0 saturated heterocycles. The minimum atomic E-state index is -1.18. The topological polar surface area (TPSA) is 88.5 Å². The molecule has 0 aromatic carbocycles. The number of hydrogen-bond acceptors (Lipinski definition) is 4. The van der Waals surface area contributed by atoms with Crippen LogP contribution in [0.25, 0.3) is 0 Å². The summed E-state index contributed by atoms with van der Waals surface area (Å²) in [7, 11) is 1.23. The first-order chi connectivity index (χ1) is 8.04. The second kappa shape index (κ2) is 5.90. The number of carbonyl (C=O) groups excluding carboxylic acids is 1. The minimum absolute atomic E-state index is 0.145. The van der Waals surface area contributed by atoms with Crippen molar-refractivity contribution in [1.82, 2.24) is 10.3 Å². The number of hydrogen-bond donors (Lipinski definition) is 2. The van der Waals surface area contributed by atoms with E-state index >= 15 is 0 Å². The van der Waals surface area contributed by atoms with Crippen LogP contribution in [-0.4, -0.2) is 41.7 Å². The van der Waals surface area contributed by atoms with Crippen molar-refractivity contribution in [3.63, 3.8) is 0 Å². The number of carboxylic acids is 1. The molecule has 0 spiro atoms. The van der Waals surface area contributed by atoms with Crippen molar-refractivity contribution in [2.45, 2.75) is 6.10 Å². The van der Waals surface area contributed by atoms with E-state index in [0.717, 1.165) is 12.3 Å². The summed E-state index contributed by atoms with van der Waals surface area (Å²) in [6.07, 6.45) is -0.0554. The quantitative estimate of drug-likeness (QED) is 0.712. The van der Waals surface area contributed by atoms with Crippen LogP contribution >= 0.6 is 0 Å². The molecule has 92 valence electrons. The number of aromatic nitrogens is 1. The molecule has 0 fully saturated rings. The van der Waals surface area contributed by atoms with Crippen molar-refractivity contribution in [3.8, 4) is 0 Å². The van der Waals surface area contributed by atoms with E-state index in [2.05, 4.69) is 15.0 Å². The molecule has 0 radical (unpaired) electrons. The molecule has 1 rings (SSSR count). The maximum atomic E-state index is 12.5. The van der Waals surface area contributed by atoms with Gasteiger partial charge in [-0.2, -0.15) is 4.39 Å². The highest BCUT2D eigenvalue weighted by molar-refractivity contribution is 5.94. The second-order valence-electron chi connectivity index (χ2n) is 3.14. The fourth-order valence-electron chi connectivity index (χ4n) is 1.07. The van der Waals surface area contributed by atoms with Crippen LogP contribution in [0.15, 0.2) is 18.3 Å². The molecule has 17 heavy (non-hydrogen) atoms. The Hall–Kier alpha value is -2.02. The molecule has 0 saturated carbocycles. The number of pyridine rings is 1. The Morgan fingerprint density at radius 1 is 1.59 bits per heavy atom. The van der Waals surface area contributed by atoms with Gasteiger partial charge in [-0.25, -0.2) is 9.78 Å². The Labute approximate surface area is 96.4 Å². The Balaban J connectivity index is 2.55. The average molecular weight is 242 g/mol. The molecule has 1 amide bonds. The van der Waals surface area contributed by atoms with Crippen LogP contribution in [0.4, 0.5) is 4.39 Å². The van der Waals surface area contributed by atoms with Crippen molar-refractivity contribution in [2.24, 2.45) is 0 Å². The molecule has 1 aromatic rings. The normalized spacial score (nSPS) is 11.9. The van der Waals surface area contributed by atoms with E-state index in [4.69, 9.17) is 5.11 Å². The molecule has 0 aliphatic carbocycles. The molecule has 1 atom stereocenters. The van der Waals surface area contributed by atoms with Gasteiger partial charge in [0.05, 0.1) is 12.1 Å². The van der Waals surface area contributed by atoms with Gasteiger partial charge in [-0.15, -0.1) is 0 Å². The fraction of sp³-hybridized carbons (Fsp3) is 0.300. The standard InChI is InChI=1S/C10H11FN2O4/c1-17-7(10(15)16)5-13-9(14)6-2-3-8(11)12-4-6/h2-4,7H,5H2,1H3,(H,13,14)(H,15,16). The number of nitrogens with one attached hydrogen (secondary N) is 1. The number of methoxy groups -OCH3 is 1. The molecule has 2 N–H and O–H groups in total. The van der Waals surface area contributed by atoms with Gasteiger partial charge in [0.15, 0.2) is 6.10 Å². The van der Waals surface area contributed by atoms with E-state index in [0.29, 0.717) is 0 Å². The fourth-order valence-corrected chi connectivity index (χ4v) is 1.07. The van der Waals surface area contributed by atoms with E-state index < -0.39 is 23.9 Å². The maximum Gasteiger partial charge on any atom is 0.334 e. The van der Waals surface area contributed by atoms with Gasteiger partial charge >= 0.3 is 5.97 Å². The molecule has 0 aliphatic heterocycles. The van der Waals surface area contributed by atoms with Crippen LogP contribution in [0.5, 0.6) is 0 Å². The molecular weight excluding hydrogens is 231 g/mol. The van der Waals surface area contributed by atoms with Crippen LogP contribution in [0.2, 0.25) is 0 Å². The van der Waals surface area contributed by atoms with Gasteiger partial charge in [0.1, 0.15) is 0 Å². The first-order valence-corrected chi connectivity index (χ1v) is 4.70. The number of nitrogens with zero attached hydrogens (tertiary/aromatic N) is 1. The van der Waals surface area contributed by atoms with E-state index in [1.165, 1.54) is 13.2 Å². The summed E-state index contributed by atoms with van der Waals surface area (Å²) >= 11 is 0. The van der Waals surface area contributed by atoms with Crippen LogP contribution in [0, 0.1) is 5.95 Å². The Kier molecular flexibility index (Phi) is 4.53. The van der Waals surface area contributed by atoms with Gasteiger partial charge in [-0.05, 0) is 12.1 Å². The molecule has 6 nitrogen and oxygen atoms in total. The summed E-state index contributed by atoms with van der Waals surface area (Å²) in [6, 6.07) is 2.29. The van der Waals surface area contributed by atoms with Crippen LogP contribution < -0.4 is 5.32 Å². The summed E-state index contributed by atoms with van der Waals surface area (Å²) in [5.41, 5.74) is 0.145. The lowest BCUT2D eigenvalue weighted by Gasteiger charge is -2.11. The van der Waals surface area contributed by atoms with Crippen molar-refractivity contribution in [1.29, 1.82) is 0 Å². The Bertz CT molecular complexity index is 407. The predicted octanol–water partition coefficient (Wildman–Crippen LogP) is 0.0501. The zero-order valence-corrected chi connectivity index (χ0v) is 9.01. The molecular formula is C10H11FN2O4. The van der Waals surface area contributed by atoms with Gasteiger partial charge < -0.3 is 15.2 Å². The molecule has 1 aromatic heterocycles. The third kappa shape index (κ3) is 3.80. The number of rotatable bonds is 5. The van der Waals surface area contributed by atoms with Crippen molar-refractivity contribution in [3.05, 3.63) is 29.8 Å². The van der Waals surface area contributed by atoms with Gasteiger partial charge in [-0.1, -0.05) is 0 Å². The number of carboxylic acid groups (broad SMARTS) is 1. The minimum Gasteiger partial charge on any atom is -0.479 e. The van der Waals surface area contributed by atoms with E-state index in [1.54, 1.807) is 0 Å². The third-order valence-corrected chi connectivity index (χ3v) is 2.00. The SMILES string of the molecule is COC(CNC(=O)c1ccc(F)nc1)C(=O)O. The summed E-state index contributed by atoms with van der Waals surface area (Å²) in [4.78, 5) is 25.4. The highest BCUT2D eigenvalue weighted by Crippen LogP contribution is 1.99. The zero-order chi connectivity index (χ0) is 12.8. The average Bonchev–Trinajstić information content (AvgIpc) is 2.30. The van der Waals surface area contributed by atoms with Gasteiger partial charge in [0, 0.05) is 13.3 Å². The lowest BCUT2D eigenvalue weighted by atomic mass is 10.2. The molecule has 0 aliphatic rings. The summed E-state index contributed by atoms with van der Waals surface area (Å²) in [5, 5.41) is 11.0. The van der Waals surface area contributed by atoms with Gasteiger partial charge in [0.25, 0.3) is 5.91 Å². The number of aliphatic carboxylic acids is 1. The lowest BCUT2D eigenvalue weighted by molar-refractivity contribution is -0.148. The Morgan fingerprint density at radius 3 is 2.76 bits per heavy atom. The van der Waals surface area contributed by atoms with E-state index in [9.17, 15) is 14.0 Å². The first kappa shape index (κ1) is 13.0. The van der Waals surface area contributed by atoms with Crippen LogP contribution in [0.1, 0.15) is 10.4 Å². The van der Waals surface area contributed by atoms with Crippen molar-refractivity contribution in [2.75, 3.05) is 13.7 Å². The smallest absolute Gasteiger partial charge is 0.334 e. The van der Waals surface area contributed by atoms with E-state index in [-0.39, 0.29) is 12.1 Å². The molecule has 1 unspecified atom stereocenters. The largest absolute Gasteiger partial charge is 0.479 e. The zero-order valence-electron chi connectivity index (χ0n) is 9.01. The first-order valence-electron chi connectivity index (χ1n) is 4.70. The number of amides is 1. The van der Waals surface area contributed by atoms with Crippen molar-refractivity contribution >= 4 is 11.9 Å². The lowest BCUT2D eigenvalue weighted by Crippen LogP contribution is -2.37. The summed E-state index contributed by atoms with van der Waals surface area (Å²) in [5.74, 6) is -2.41. The third-order valence-electron chi connectivity index (χ3n) is 2.00. The summed E-state index contributed by atoms with van der Waals surface area (Å²) in [6.45, 7) is -0.179. The molecule has 0 bridgehead atoms. The molecule has 7 heteroatoms.